The minimum absolute atomic E-state index is 0.126. The molecule has 1 amide bonds. The number of primary amides is 1. The number of nitrogens with one attached hydrogen (secondary N) is 3. The molecule has 1 unspecified atom stereocenters. The summed E-state index contributed by atoms with van der Waals surface area (Å²) in [5, 5.41) is 9.73. The van der Waals surface area contributed by atoms with E-state index in [4.69, 9.17) is 5.73 Å². The summed E-state index contributed by atoms with van der Waals surface area (Å²) in [5.74, 6) is -1.58. The number of nitrogens with zero attached hydrogens (tertiary/aromatic N) is 2. The fraction of sp³-hybridized carbons (Fsp3) is 0.308. The summed E-state index contributed by atoms with van der Waals surface area (Å²) in [6.45, 7) is 6.13. The molecule has 3 aromatic rings. The molecule has 0 bridgehead atoms. The maximum Gasteiger partial charge on any atom is 0.252 e. The van der Waals surface area contributed by atoms with E-state index in [2.05, 4.69) is 51.8 Å². The molecule has 7 nitrogen and oxygen atoms in total. The van der Waals surface area contributed by atoms with Crippen LogP contribution in [0.4, 0.5) is 31.7 Å². The van der Waals surface area contributed by atoms with E-state index in [1.54, 1.807) is 6.07 Å². The minimum Gasteiger partial charge on any atom is -0.380 e. The molecular formula is C26H30F2N6O. The van der Waals surface area contributed by atoms with E-state index in [0.717, 1.165) is 30.9 Å². The first-order valence-electron chi connectivity index (χ1n) is 11.7. The van der Waals surface area contributed by atoms with Crippen molar-refractivity contribution in [3.63, 3.8) is 0 Å². The van der Waals surface area contributed by atoms with Gasteiger partial charge in [0, 0.05) is 60.9 Å². The molecule has 184 valence electrons. The second-order valence-corrected chi connectivity index (χ2v) is 8.78. The lowest BCUT2D eigenvalue weighted by atomic mass is 10.1. The van der Waals surface area contributed by atoms with Crippen molar-refractivity contribution < 1.29 is 13.6 Å². The predicted molar refractivity (Wildman–Crippen MR) is 135 cm³/mol. The number of anilines is 4. The van der Waals surface area contributed by atoms with Crippen LogP contribution >= 0.6 is 0 Å². The van der Waals surface area contributed by atoms with E-state index in [0.29, 0.717) is 23.6 Å². The van der Waals surface area contributed by atoms with Crippen molar-refractivity contribution in [2.75, 3.05) is 28.6 Å². The minimum atomic E-state index is -0.694. The third-order valence-corrected chi connectivity index (χ3v) is 6.14. The molecule has 35 heavy (non-hydrogen) atoms. The summed E-state index contributed by atoms with van der Waals surface area (Å²) in [7, 11) is 0. The number of amides is 1. The third-order valence-electron chi connectivity index (χ3n) is 6.14. The maximum atomic E-state index is 14.0. The van der Waals surface area contributed by atoms with Gasteiger partial charge in [-0.1, -0.05) is 13.0 Å². The van der Waals surface area contributed by atoms with Crippen molar-refractivity contribution in [3.05, 3.63) is 77.5 Å². The quantitative estimate of drug-likeness (QED) is 0.382. The topological polar surface area (TPSA) is 95.3 Å². The van der Waals surface area contributed by atoms with Gasteiger partial charge in [0.05, 0.1) is 11.3 Å². The van der Waals surface area contributed by atoms with Crippen molar-refractivity contribution in [2.24, 2.45) is 5.73 Å². The zero-order valence-electron chi connectivity index (χ0n) is 19.8. The van der Waals surface area contributed by atoms with Gasteiger partial charge in [-0.05, 0) is 49.7 Å². The summed E-state index contributed by atoms with van der Waals surface area (Å²) in [4.78, 5) is 18.5. The van der Waals surface area contributed by atoms with Gasteiger partial charge in [-0.15, -0.1) is 0 Å². The fourth-order valence-corrected chi connectivity index (χ4v) is 4.29. The van der Waals surface area contributed by atoms with Crippen LogP contribution < -0.4 is 26.6 Å². The third kappa shape index (κ3) is 5.86. The summed E-state index contributed by atoms with van der Waals surface area (Å²) in [5.41, 5.74) is 7.75. The van der Waals surface area contributed by atoms with Crippen LogP contribution in [0.1, 0.15) is 36.2 Å². The molecule has 2 aromatic carbocycles. The molecule has 0 saturated carbocycles. The molecule has 2 heterocycles. The number of piperazine rings is 1. The van der Waals surface area contributed by atoms with Crippen LogP contribution in [0.5, 0.6) is 0 Å². The van der Waals surface area contributed by atoms with E-state index >= 15 is 0 Å². The molecule has 1 aliphatic heterocycles. The molecule has 5 N–H and O–H groups in total. The number of benzene rings is 2. The Labute approximate surface area is 203 Å². The van der Waals surface area contributed by atoms with Crippen molar-refractivity contribution in [2.45, 2.75) is 38.9 Å². The highest BCUT2D eigenvalue weighted by Gasteiger charge is 2.22. The van der Waals surface area contributed by atoms with Gasteiger partial charge in [0.1, 0.15) is 17.5 Å². The average molecular weight is 481 g/mol. The van der Waals surface area contributed by atoms with Gasteiger partial charge in [0.15, 0.2) is 0 Å². The van der Waals surface area contributed by atoms with Gasteiger partial charge >= 0.3 is 0 Å². The number of hydrogen-bond donors (Lipinski definition) is 4. The smallest absolute Gasteiger partial charge is 0.252 e. The molecule has 1 fully saturated rings. The Morgan fingerprint density at radius 1 is 1.17 bits per heavy atom. The van der Waals surface area contributed by atoms with Crippen molar-refractivity contribution in [3.8, 4) is 0 Å². The second-order valence-electron chi connectivity index (χ2n) is 8.78. The van der Waals surface area contributed by atoms with E-state index in [1.165, 1.54) is 24.4 Å². The lowest BCUT2D eigenvalue weighted by Crippen LogP contribution is -2.55. The van der Waals surface area contributed by atoms with Gasteiger partial charge in [0.25, 0.3) is 5.91 Å². The standard InChI is InChI=1S/C26H30F2N6O/c1-3-17-15-34(14-16(2)32-17)19-9-7-18(8-10-19)33-25-11-24(21(13-31-25)26(29)35)30-12-20-22(27)5-4-6-23(20)28/h4-11,13,16-17,32H,3,12,14-15H2,1-2H3,(H2,29,35)(H2,30,31,33)/t16?,17-/m0/s1. The van der Waals surface area contributed by atoms with Crippen molar-refractivity contribution in [1.82, 2.24) is 10.3 Å². The first-order chi connectivity index (χ1) is 16.8. The first-order valence-corrected chi connectivity index (χ1v) is 11.7. The van der Waals surface area contributed by atoms with E-state index in [9.17, 15) is 13.6 Å². The monoisotopic (exact) mass is 480 g/mol. The molecule has 0 aliphatic carbocycles. The molecule has 0 spiro atoms. The maximum absolute atomic E-state index is 14.0. The van der Waals surface area contributed by atoms with Crippen LogP contribution in [0.3, 0.4) is 0 Å². The van der Waals surface area contributed by atoms with Crippen LogP contribution in [0.15, 0.2) is 54.7 Å². The second kappa shape index (κ2) is 10.7. The van der Waals surface area contributed by atoms with Crippen LogP contribution in [-0.2, 0) is 6.54 Å². The Balaban J connectivity index is 1.49. The number of rotatable bonds is 8. The lowest BCUT2D eigenvalue weighted by Gasteiger charge is -2.38. The molecule has 0 radical (unpaired) electrons. The van der Waals surface area contributed by atoms with E-state index < -0.39 is 17.5 Å². The molecule has 4 rings (SSSR count). The Hall–Kier alpha value is -3.72. The zero-order chi connectivity index (χ0) is 24.9. The van der Waals surface area contributed by atoms with Gasteiger partial charge in [-0.2, -0.15) is 0 Å². The molecule has 2 atom stereocenters. The first kappa shape index (κ1) is 24.4. The van der Waals surface area contributed by atoms with E-state index in [1.807, 2.05) is 12.1 Å². The largest absolute Gasteiger partial charge is 0.380 e. The number of carbonyl (C=O) groups is 1. The van der Waals surface area contributed by atoms with Crippen molar-refractivity contribution in [1.29, 1.82) is 0 Å². The van der Waals surface area contributed by atoms with Crippen LogP contribution in [0.25, 0.3) is 0 Å². The van der Waals surface area contributed by atoms with Crippen LogP contribution in [-0.4, -0.2) is 36.1 Å². The van der Waals surface area contributed by atoms with Gasteiger partial charge in [-0.3, -0.25) is 4.79 Å². The lowest BCUT2D eigenvalue weighted by molar-refractivity contribution is 0.100. The Kier molecular flexibility index (Phi) is 7.45. The van der Waals surface area contributed by atoms with Crippen LogP contribution in [0, 0.1) is 11.6 Å². The summed E-state index contributed by atoms with van der Waals surface area (Å²) < 4.78 is 28.0. The highest BCUT2D eigenvalue weighted by molar-refractivity contribution is 5.98. The normalized spacial score (nSPS) is 17.8. The molecular weight excluding hydrogens is 450 g/mol. The summed E-state index contributed by atoms with van der Waals surface area (Å²) in [6, 6.07) is 14.2. The van der Waals surface area contributed by atoms with E-state index in [-0.39, 0.29) is 17.7 Å². The molecule has 1 aromatic heterocycles. The predicted octanol–water partition coefficient (Wildman–Crippen LogP) is 4.39. The highest BCUT2D eigenvalue weighted by atomic mass is 19.1. The summed E-state index contributed by atoms with van der Waals surface area (Å²) in [6.07, 6.45) is 2.42. The number of aromatic nitrogens is 1. The fourth-order valence-electron chi connectivity index (χ4n) is 4.29. The Morgan fingerprint density at radius 2 is 1.89 bits per heavy atom. The highest BCUT2D eigenvalue weighted by Crippen LogP contribution is 2.25. The van der Waals surface area contributed by atoms with Gasteiger partial charge in [0.2, 0.25) is 0 Å². The number of hydrogen-bond acceptors (Lipinski definition) is 6. The Morgan fingerprint density at radius 3 is 2.54 bits per heavy atom. The SMILES string of the molecule is CC[C@H]1CN(c2ccc(Nc3cc(NCc4c(F)cccc4F)c(C(N)=O)cn3)cc2)CC(C)N1. The summed E-state index contributed by atoms with van der Waals surface area (Å²) >= 11 is 0. The molecule has 1 saturated heterocycles. The molecule has 1 aliphatic rings. The Bertz CT molecular complexity index is 1170. The van der Waals surface area contributed by atoms with Crippen molar-refractivity contribution >= 4 is 28.8 Å². The number of pyridine rings is 1. The number of carbonyl (C=O) groups excluding carboxylic acids is 1. The number of halogens is 2. The van der Waals surface area contributed by atoms with Crippen LogP contribution in [0.2, 0.25) is 0 Å². The molecule has 9 heteroatoms. The van der Waals surface area contributed by atoms with Gasteiger partial charge < -0.3 is 26.6 Å². The average Bonchev–Trinajstić information content (AvgIpc) is 2.83. The van der Waals surface area contributed by atoms with Gasteiger partial charge in [-0.25, -0.2) is 13.8 Å². The number of nitrogens with two attached hydrogens (primary N) is 1. The zero-order valence-corrected chi connectivity index (χ0v) is 19.8.